The van der Waals surface area contributed by atoms with Crippen LogP contribution in [0.2, 0.25) is 0 Å². The molecule has 1 N–H and O–H groups in total. The van der Waals surface area contributed by atoms with Crippen LogP contribution in [0.5, 0.6) is 5.75 Å². The Hall–Kier alpha value is -4.19. The molecule has 4 rings (SSSR count). The Kier molecular flexibility index (Phi) is 5.62. The number of amides is 2. The van der Waals surface area contributed by atoms with E-state index in [1.54, 1.807) is 36.4 Å². The van der Waals surface area contributed by atoms with Crippen molar-refractivity contribution in [3.63, 3.8) is 0 Å². The number of ether oxygens (including phenoxy) is 1. The van der Waals surface area contributed by atoms with Gasteiger partial charge < -0.3 is 9.84 Å². The molecule has 3 aromatic carbocycles. The maximum absolute atomic E-state index is 13.0. The van der Waals surface area contributed by atoms with Gasteiger partial charge in [-0.05, 0) is 41.0 Å². The summed E-state index contributed by atoms with van der Waals surface area (Å²) in [6, 6.07) is 23.7. The fourth-order valence-corrected chi connectivity index (χ4v) is 3.42. The molecule has 6 nitrogen and oxygen atoms in total. The highest BCUT2D eigenvalue weighted by atomic mass is 16.5. The quantitative estimate of drug-likeness (QED) is 0.490. The topological polar surface area (TPSA) is 83.9 Å². The Balaban J connectivity index is 1.66. The molecule has 2 amide bonds. The van der Waals surface area contributed by atoms with E-state index in [0.29, 0.717) is 29.0 Å². The molecule has 0 radical (unpaired) electrons. The van der Waals surface area contributed by atoms with Gasteiger partial charge in [0, 0.05) is 11.1 Å². The number of imide groups is 1. The standard InChI is InChI=1S/C25H19NO5/c27-23(28)15-26-24(29)21-12-5-4-11-20(21)22(25(26)30)14-18-9-6-10-19(13-18)31-16-17-7-2-1-3-8-17/h1-14H,15-16H2,(H,27,28)/b22-14-. The summed E-state index contributed by atoms with van der Waals surface area (Å²) in [4.78, 5) is 37.5. The maximum Gasteiger partial charge on any atom is 0.323 e. The highest BCUT2D eigenvalue weighted by Crippen LogP contribution is 2.31. The van der Waals surface area contributed by atoms with Crippen molar-refractivity contribution in [3.8, 4) is 5.75 Å². The molecule has 1 aliphatic rings. The molecule has 6 heteroatoms. The first-order valence-electron chi connectivity index (χ1n) is 9.69. The summed E-state index contributed by atoms with van der Waals surface area (Å²) >= 11 is 0. The van der Waals surface area contributed by atoms with Crippen molar-refractivity contribution in [1.82, 2.24) is 4.90 Å². The number of carboxylic acids is 1. The predicted octanol–water partition coefficient (Wildman–Crippen LogP) is 3.87. The number of carbonyl (C=O) groups is 3. The van der Waals surface area contributed by atoms with Crippen LogP contribution in [-0.2, 0) is 16.2 Å². The predicted molar refractivity (Wildman–Crippen MR) is 115 cm³/mol. The molecule has 154 valence electrons. The van der Waals surface area contributed by atoms with E-state index in [0.717, 1.165) is 10.5 Å². The minimum atomic E-state index is -1.25. The summed E-state index contributed by atoms with van der Waals surface area (Å²) in [5.74, 6) is -1.87. The zero-order chi connectivity index (χ0) is 21.8. The lowest BCUT2D eigenvalue weighted by Crippen LogP contribution is -2.44. The molecule has 1 aliphatic heterocycles. The Bertz CT molecular complexity index is 1180. The van der Waals surface area contributed by atoms with Gasteiger partial charge in [0.15, 0.2) is 0 Å². The second-order valence-corrected chi connectivity index (χ2v) is 7.04. The summed E-state index contributed by atoms with van der Waals surface area (Å²) < 4.78 is 5.85. The molecule has 0 spiro atoms. The molecule has 0 saturated carbocycles. The molecule has 31 heavy (non-hydrogen) atoms. The Labute approximate surface area is 179 Å². The largest absolute Gasteiger partial charge is 0.489 e. The second kappa shape index (κ2) is 8.67. The molecule has 0 bridgehead atoms. The lowest BCUT2D eigenvalue weighted by molar-refractivity contribution is -0.141. The van der Waals surface area contributed by atoms with Gasteiger partial charge in [-0.25, -0.2) is 0 Å². The highest BCUT2D eigenvalue weighted by molar-refractivity contribution is 6.34. The Morgan fingerprint density at radius 2 is 1.58 bits per heavy atom. The number of rotatable bonds is 6. The van der Waals surface area contributed by atoms with E-state index >= 15 is 0 Å². The van der Waals surface area contributed by atoms with E-state index in [1.807, 2.05) is 48.5 Å². The van der Waals surface area contributed by atoms with Crippen molar-refractivity contribution in [3.05, 3.63) is 101 Å². The maximum atomic E-state index is 13.0. The monoisotopic (exact) mass is 413 g/mol. The van der Waals surface area contributed by atoms with Crippen LogP contribution in [0, 0.1) is 0 Å². The van der Waals surface area contributed by atoms with Gasteiger partial charge in [-0.15, -0.1) is 0 Å². The molecule has 0 atom stereocenters. The highest BCUT2D eigenvalue weighted by Gasteiger charge is 2.35. The zero-order valence-corrected chi connectivity index (χ0v) is 16.5. The van der Waals surface area contributed by atoms with Gasteiger partial charge in [0.25, 0.3) is 11.8 Å². The van der Waals surface area contributed by atoms with Crippen LogP contribution < -0.4 is 4.74 Å². The van der Waals surface area contributed by atoms with Crippen molar-refractivity contribution in [2.24, 2.45) is 0 Å². The molecule has 0 fully saturated rings. The molecule has 1 heterocycles. The van der Waals surface area contributed by atoms with E-state index in [9.17, 15) is 14.4 Å². The zero-order valence-electron chi connectivity index (χ0n) is 16.5. The second-order valence-electron chi connectivity index (χ2n) is 7.04. The third-order valence-corrected chi connectivity index (χ3v) is 4.88. The van der Waals surface area contributed by atoms with Crippen LogP contribution in [0.4, 0.5) is 0 Å². The average Bonchev–Trinajstić information content (AvgIpc) is 2.79. The van der Waals surface area contributed by atoms with Gasteiger partial charge >= 0.3 is 5.97 Å². The van der Waals surface area contributed by atoms with E-state index in [4.69, 9.17) is 9.84 Å². The molecule has 0 saturated heterocycles. The lowest BCUT2D eigenvalue weighted by Gasteiger charge is -2.27. The van der Waals surface area contributed by atoms with Gasteiger partial charge in [-0.1, -0.05) is 60.7 Å². The number of fused-ring (bicyclic) bond motifs is 1. The van der Waals surface area contributed by atoms with Crippen molar-refractivity contribution < 1.29 is 24.2 Å². The molecule has 0 aliphatic carbocycles. The van der Waals surface area contributed by atoms with Crippen LogP contribution in [0.3, 0.4) is 0 Å². The molecular formula is C25H19NO5. The number of carbonyl (C=O) groups excluding carboxylic acids is 2. The number of carboxylic acid groups (broad SMARTS) is 1. The molecule has 0 unspecified atom stereocenters. The van der Waals surface area contributed by atoms with Gasteiger partial charge in [-0.3, -0.25) is 19.3 Å². The van der Waals surface area contributed by atoms with Crippen LogP contribution >= 0.6 is 0 Å². The number of aliphatic carboxylic acids is 1. The summed E-state index contributed by atoms with van der Waals surface area (Å²) in [7, 11) is 0. The van der Waals surface area contributed by atoms with E-state index in [-0.39, 0.29) is 5.57 Å². The van der Waals surface area contributed by atoms with Crippen molar-refractivity contribution in [2.45, 2.75) is 6.61 Å². The first-order valence-corrected chi connectivity index (χ1v) is 9.69. The Morgan fingerprint density at radius 1 is 0.871 bits per heavy atom. The van der Waals surface area contributed by atoms with Crippen molar-refractivity contribution in [1.29, 1.82) is 0 Å². The average molecular weight is 413 g/mol. The van der Waals surface area contributed by atoms with Crippen LogP contribution in [0.25, 0.3) is 11.6 Å². The summed E-state index contributed by atoms with van der Waals surface area (Å²) in [6.07, 6.45) is 1.65. The fraction of sp³-hybridized carbons (Fsp3) is 0.0800. The van der Waals surface area contributed by atoms with Crippen LogP contribution in [0.15, 0.2) is 78.9 Å². The molecular weight excluding hydrogens is 394 g/mol. The van der Waals surface area contributed by atoms with E-state index in [1.165, 1.54) is 0 Å². The fourth-order valence-electron chi connectivity index (χ4n) is 3.42. The minimum Gasteiger partial charge on any atom is -0.489 e. The first-order chi connectivity index (χ1) is 15.0. The number of nitrogens with zero attached hydrogens (tertiary/aromatic N) is 1. The van der Waals surface area contributed by atoms with Gasteiger partial charge in [-0.2, -0.15) is 0 Å². The van der Waals surface area contributed by atoms with E-state index < -0.39 is 24.3 Å². The Morgan fingerprint density at radius 3 is 2.32 bits per heavy atom. The smallest absolute Gasteiger partial charge is 0.323 e. The van der Waals surface area contributed by atoms with E-state index in [2.05, 4.69) is 0 Å². The van der Waals surface area contributed by atoms with Gasteiger partial charge in [0.05, 0.1) is 0 Å². The molecule has 0 aromatic heterocycles. The number of hydrogen-bond acceptors (Lipinski definition) is 4. The third-order valence-electron chi connectivity index (χ3n) is 4.88. The van der Waals surface area contributed by atoms with Crippen molar-refractivity contribution in [2.75, 3.05) is 6.54 Å². The number of benzene rings is 3. The minimum absolute atomic E-state index is 0.261. The normalized spacial score (nSPS) is 14.5. The van der Waals surface area contributed by atoms with Crippen LogP contribution in [-0.4, -0.2) is 34.3 Å². The van der Waals surface area contributed by atoms with Gasteiger partial charge in [0.1, 0.15) is 18.9 Å². The summed E-state index contributed by atoms with van der Waals surface area (Å²) in [5, 5.41) is 9.13. The molecule has 3 aromatic rings. The first kappa shape index (κ1) is 20.1. The SMILES string of the molecule is O=C(O)CN1C(=O)/C(=C\c2cccc(OCc3ccccc3)c2)c2ccccc2C1=O. The lowest BCUT2D eigenvalue weighted by atomic mass is 9.92. The number of hydrogen-bond donors (Lipinski definition) is 1. The van der Waals surface area contributed by atoms with Crippen molar-refractivity contribution >= 4 is 29.4 Å². The summed E-state index contributed by atoms with van der Waals surface area (Å²) in [5.41, 5.74) is 2.77. The summed E-state index contributed by atoms with van der Waals surface area (Å²) in [6.45, 7) is -0.285. The third kappa shape index (κ3) is 4.38. The van der Waals surface area contributed by atoms with Crippen LogP contribution in [0.1, 0.15) is 27.0 Å². The van der Waals surface area contributed by atoms with Gasteiger partial charge in [0.2, 0.25) is 0 Å².